The number of amides is 2. The van der Waals surface area contributed by atoms with E-state index in [0.717, 1.165) is 25.1 Å². The maximum absolute atomic E-state index is 11.2. The van der Waals surface area contributed by atoms with Crippen LogP contribution in [0.1, 0.15) is 12.8 Å². The molecule has 0 unspecified atom stereocenters. The van der Waals surface area contributed by atoms with Gasteiger partial charge in [0, 0.05) is 19.3 Å². The fourth-order valence-electron chi connectivity index (χ4n) is 1.56. The topological polar surface area (TPSA) is 32.3 Å². The van der Waals surface area contributed by atoms with E-state index in [1.165, 1.54) is 5.57 Å². The predicted octanol–water partition coefficient (Wildman–Crippen LogP) is 1.25. The molecule has 0 saturated heterocycles. The lowest BCUT2D eigenvalue weighted by atomic mass is 10.0. The average molecular weight is 164 g/mol. The normalized spacial score (nSPS) is 22.4. The maximum atomic E-state index is 11.2. The van der Waals surface area contributed by atoms with Crippen molar-refractivity contribution in [2.24, 2.45) is 0 Å². The Morgan fingerprint density at radius 1 is 1.58 bits per heavy atom. The van der Waals surface area contributed by atoms with Gasteiger partial charge < -0.3 is 10.2 Å². The van der Waals surface area contributed by atoms with Crippen molar-refractivity contribution in [3.8, 4) is 0 Å². The molecule has 0 aromatic carbocycles. The van der Waals surface area contributed by atoms with Gasteiger partial charge in [0.1, 0.15) is 0 Å². The monoisotopic (exact) mass is 164 g/mol. The molecule has 1 aliphatic carbocycles. The van der Waals surface area contributed by atoms with E-state index in [4.69, 9.17) is 0 Å². The summed E-state index contributed by atoms with van der Waals surface area (Å²) in [6.07, 6.45) is 6.28. The van der Waals surface area contributed by atoms with Gasteiger partial charge in [-0.25, -0.2) is 4.79 Å². The van der Waals surface area contributed by atoms with Crippen molar-refractivity contribution in [1.82, 2.24) is 10.2 Å². The molecule has 1 heterocycles. The zero-order chi connectivity index (χ0) is 8.55. The number of hydrogen-bond acceptors (Lipinski definition) is 1. The highest BCUT2D eigenvalue weighted by Crippen LogP contribution is 2.20. The summed E-state index contributed by atoms with van der Waals surface area (Å²) >= 11 is 0. The largest absolute Gasteiger partial charge is 0.323 e. The minimum Gasteiger partial charge on any atom is -0.323 e. The molecule has 12 heavy (non-hydrogen) atoms. The molecule has 0 aromatic heterocycles. The van der Waals surface area contributed by atoms with Crippen molar-refractivity contribution < 1.29 is 4.79 Å². The van der Waals surface area contributed by atoms with Crippen molar-refractivity contribution in [2.45, 2.75) is 12.8 Å². The van der Waals surface area contributed by atoms with Crippen LogP contribution in [0.3, 0.4) is 0 Å². The van der Waals surface area contributed by atoms with Crippen molar-refractivity contribution in [1.29, 1.82) is 0 Å². The summed E-state index contributed by atoms with van der Waals surface area (Å²) in [5, 5.41) is 2.88. The van der Waals surface area contributed by atoms with E-state index >= 15 is 0 Å². The number of likely N-dealkylation sites (N-methyl/N-ethyl adjacent to an activating group) is 1. The molecule has 0 spiro atoms. The quantitative estimate of drug-likeness (QED) is 0.574. The fourth-order valence-corrected chi connectivity index (χ4v) is 1.56. The molecule has 0 bridgehead atoms. The molecule has 0 saturated carbocycles. The van der Waals surface area contributed by atoms with Gasteiger partial charge in [0.25, 0.3) is 0 Å². The number of carbonyl (C=O) groups excluding carboxylic acids is 1. The van der Waals surface area contributed by atoms with Crippen LogP contribution in [0.25, 0.3) is 0 Å². The second-order valence-electron chi connectivity index (χ2n) is 3.23. The van der Waals surface area contributed by atoms with Gasteiger partial charge in [-0.15, -0.1) is 0 Å². The molecule has 3 heteroatoms. The van der Waals surface area contributed by atoms with Crippen LogP contribution in [0, 0.1) is 0 Å². The molecule has 1 aliphatic heterocycles. The van der Waals surface area contributed by atoms with Crippen LogP contribution in [0.2, 0.25) is 0 Å². The van der Waals surface area contributed by atoms with Crippen LogP contribution < -0.4 is 5.32 Å². The SMILES string of the molecule is CN1CC2=C(CCC=C2)NC1=O. The highest BCUT2D eigenvalue weighted by molar-refractivity contribution is 5.78. The van der Waals surface area contributed by atoms with Crippen molar-refractivity contribution in [3.05, 3.63) is 23.4 Å². The third-order valence-corrected chi connectivity index (χ3v) is 2.28. The lowest BCUT2D eigenvalue weighted by Crippen LogP contribution is -2.43. The molecule has 0 atom stereocenters. The molecule has 2 rings (SSSR count). The Labute approximate surface area is 71.7 Å². The third kappa shape index (κ3) is 1.11. The van der Waals surface area contributed by atoms with Gasteiger partial charge in [0.15, 0.2) is 0 Å². The number of nitrogens with one attached hydrogen (secondary N) is 1. The zero-order valence-corrected chi connectivity index (χ0v) is 7.13. The van der Waals surface area contributed by atoms with Crippen LogP contribution in [-0.2, 0) is 0 Å². The summed E-state index contributed by atoms with van der Waals surface area (Å²) < 4.78 is 0. The van der Waals surface area contributed by atoms with E-state index in [0.29, 0.717) is 0 Å². The van der Waals surface area contributed by atoms with Crippen LogP contribution in [0.4, 0.5) is 4.79 Å². The number of carbonyl (C=O) groups is 1. The van der Waals surface area contributed by atoms with Crippen LogP contribution in [0.5, 0.6) is 0 Å². The molecule has 3 nitrogen and oxygen atoms in total. The van der Waals surface area contributed by atoms with E-state index in [1.807, 2.05) is 7.05 Å². The van der Waals surface area contributed by atoms with Crippen molar-refractivity contribution >= 4 is 6.03 Å². The molecule has 64 valence electrons. The lowest BCUT2D eigenvalue weighted by molar-refractivity contribution is 0.211. The second kappa shape index (κ2) is 2.66. The first-order chi connectivity index (χ1) is 5.77. The zero-order valence-electron chi connectivity index (χ0n) is 7.13. The number of urea groups is 1. The number of hydrogen-bond donors (Lipinski definition) is 1. The van der Waals surface area contributed by atoms with Gasteiger partial charge in [-0.1, -0.05) is 12.2 Å². The predicted molar refractivity (Wildman–Crippen MR) is 46.6 cm³/mol. The third-order valence-electron chi connectivity index (χ3n) is 2.28. The Bertz CT molecular complexity index is 278. The summed E-state index contributed by atoms with van der Waals surface area (Å²) in [6.45, 7) is 0.748. The molecule has 2 aliphatic rings. The Hall–Kier alpha value is -1.25. The minimum absolute atomic E-state index is 0.0176. The van der Waals surface area contributed by atoms with E-state index < -0.39 is 0 Å². The van der Waals surface area contributed by atoms with Crippen LogP contribution >= 0.6 is 0 Å². The van der Waals surface area contributed by atoms with Gasteiger partial charge in [0.05, 0.1) is 0 Å². The molecule has 0 fully saturated rings. The first kappa shape index (κ1) is 7.40. The summed E-state index contributed by atoms with van der Waals surface area (Å²) in [6, 6.07) is 0.0176. The Balaban J connectivity index is 2.27. The fraction of sp³-hybridized carbons (Fsp3) is 0.444. The lowest BCUT2D eigenvalue weighted by Gasteiger charge is -2.28. The molecule has 1 N–H and O–H groups in total. The van der Waals surface area contributed by atoms with E-state index in [-0.39, 0.29) is 6.03 Å². The van der Waals surface area contributed by atoms with E-state index in [1.54, 1.807) is 4.90 Å². The van der Waals surface area contributed by atoms with Crippen LogP contribution in [0.15, 0.2) is 23.4 Å². The van der Waals surface area contributed by atoms with Gasteiger partial charge in [0.2, 0.25) is 0 Å². The summed E-state index contributed by atoms with van der Waals surface area (Å²) in [7, 11) is 1.81. The standard InChI is InChI=1S/C9H12N2O/c1-11-6-7-4-2-3-5-8(7)10-9(11)12/h2,4H,3,5-6H2,1H3,(H,10,12). The second-order valence-corrected chi connectivity index (χ2v) is 3.23. The summed E-state index contributed by atoms with van der Waals surface area (Å²) in [5.74, 6) is 0. The molecular weight excluding hydrogens is 152 g/mol. The smallest absolute Gasteiger partial charge is 0.321 e. The molecule has 0 aromatic rings. The summed E-state index contributed by atoms with van der Waals surface area (Å²) in [4.78, 5) is 12.9. The van der Waals surface area contributed by atoms with Gasteiger partial charge in [-0.3, -0.25) is 0 Å². The first-order valence-electron chi connectivity index (χ1n) is 4.18. The van der Waals surface area contributed by atoms with Crippen molar-refractivity contribution in [3.63, 3.8) is 0 Å². The first-order valence-corrected chi connectivity index (χ1v) is 4.18. The van der Waals surface area contributed by atoms with Crippen molar-refractivity contribution in [2.75, 3.05) is 13.6 Å². The van der Waals surface area contributed by atoms with E-state index in [2.05, 4.69) is 17.5 Å². The van der Waals surface area contributed by atoms with Crippen LogP contribution in [-0.4, -0.2) is 24.5 Å². The molecular formula is C9H12N2O. The summed E-state index contributed by atoms with van der Waals surface area (Å²) in [5.41, 5.74) is 2.36. The van der Waals surface area contributed by atoms with Gasteiger partial charge >= 0.3 is 6.03 Å². The van der Waals surface area contributed by atoms with E-state index in [9.17, 15) is 4.79 Å². The molecule has 0 radical (unpaired) electrons. The Morgan fingerprint density at radius 2 is 2.42 bits per heavy atom. The highest BCUT2D eigenvalue weighted by atomic mass is 16.2. The number of nitrogens with zero attached hydrogens (tertiary/aromatic N) is 1. The maximum Gasteiger partial charge on any atom is 0.321 e. The average Bonchev–Trinajstić information content (AvgIpc) is 2.07. The van der Waals surface area contributed by atoms with Gasteiger partial charge in [-0.2, -0.15) is 0 Å². The number of rotatable bonds is 0. The number of allylic oxidation sites excluding steroid dienone is 2. The molecule has 2 amide bonds. The Kier molecular flexibility index (Phi) is 1.64. The highest BCUT2D eigenvalue weighted by Gasteiger charge is 2.20. The Morgan fingerprint density at radius 3 is 3.25 bits per heavy atom. The minimum atomic E-state index is 0.0176. The van der Waals surface area contributed by atoms with Gasteiger partial charge in [-0.05, 0) is 18.4 Å².